The number of unbranched alkanes of at least 4 members (excludes halogenated alkanes) is 8. The minimum absolute atomic E-state index is 0.0118. The third-order valence-corrected chi connectivity index (χ3v) is 6.30. The highest BCUT2D eigenvalue weighted by molar-refractivity contribution is 5.89. The number of hydrogen-bond donors (Lipinski definition) is 0. The standard InChI is InChI=1S/C29H36F3NO/c1-3-5-7-9-10-11-13-21-14-16-23-24(28(21)31)19-25(30)27(29(23)32)22-15-17-26(33-20-22)34-18-12-8-6-4-2/h14-17,19-20H,3-13,18H2,1-2H3. The normalized spacial score (nSPS) is 11.3. The van der Waals surface area contributed by atoms with Gasteiger partial charge in [0.1, 0.15) is 17.5 Å². The number of halogens is 3. The Morgan fingerprint density at radius 1 is 0.735 bits per heavy atom. The van der Waals surface area contributed by atoms with Crippen LogP contribution in [0.2, 0.25) is 0 Å². The minimum atomic E-state index is -0.796. The number of rotatable bonds is 14. The van der Waals surface area contributed by atoms with E-state index in [4.69, 9.17) is 4.74 Å². The van der Waals surface area contributed by atoms with Gasteiger partial charge >= 0.3 is 0 Å². The van der Waals surface area contributed by atoms with Gasteiger partial charge in [0.25, 0.3) is 0 Å². The summed E-state index contributed by atoms with van der Waals surface area (Å²) in [6, 6.07) is 7.49. The number of aromatic nitrogens is 1. The lowest BCUT2D eigenvalue weighted by Crippen LogP contribution is -2.00. The highest BCUT2D eigenvalue weighted by Crippen LogP contribution is 2.34. The number of aryl methyl sites for hydroxylation is 1. The Morgan fingerprint density at radius 2 is 1.44 bits per heavy atom. The summed E-state index contributed by atoms with van der Waals surface area (Å²) >= 11 is 0. The maximum atomic E-state index is 15.3. The lowest BCUT2D eigenvalue weighted by molar-refractivity contribution is 0.294. The average molecular weight is 472 g/mol. The van der Waals surface area contributed by atoms with Crippen molar-refractivity contribution in [1.82, 2.24) is 4.98 Å². The van der Waals surface area contributed by atoms with Gasteiger partial charge < -0.3 is 4.74 Å². The predicted octanol–water partition coefficient (Wildman–Crippen LogP) is 9.18. The van der Waals surface area contributed by atoms with Crippen LogP contribution in [0.1, 0.15) is 83.6 Å². The highest BCUT2D eigenvalue weighted by atomic mass is 19.1. The van der Waals surface area contributed by atoms with Crippen LogP contribution in [0.15, 0.2) is 36.5 Å². The summed E-state index contributed by atoms with van der Waals surface area (Å²) in [4.78, 5) is 4.20. The van der Waals surface area contributed by atoms with Gasteiger partial charge in [-0.1, -0.05) is 77.3 Å². The summed E-state index contributed by atoms with van der Waals surface area (Å²) in [6.45, 7) is 4.88. The molecule has 0 radical (unpaired) electrons. The molecule has 0 unspecified atom stereocenters. The fourth-order valence-corrected chi connectivity index (χ4v) is 4.28. The second-order valence-corrected chi connectivity index (χ2v) is 8.99. The van der Waals surface area contributed by atoms with Crippen LogP contribution in [-0.4, -0.2) is 11.6 Å². The Kier molecular flexibility index (Phi) is 10.2. The lowest BCUT2D eigenvalue weighted by atomic mass is 9.96. The molecule has 1 aromatic heterocycles. The average Bonchev–Trinajstić information content (AvgIpc) is 2.84. The number of pyridine rings is 1. The molecule has 0 aliphatic carbocycles. The van der Waals surface area contributed by atoms with Crippen molar-refractivity contribution >= 4 is 10.8 Å². The highest BCUT2D eigenvalue weighted by Gasteiger charge is 2.19. The molecule has 0 saturated carbocycles. The van der Waals surface area contributed by atoms with E-state index in [-0.39, 0.29) is 16.3 Å². The number of hydrogen-bond acceptors (Lipinski definition) is 2. The Bertz CT molecular complexity index is 1050. The molecular weight excluding hydrogens is 435 g/mol. The summed E-state index contributed by atoms with van der Waals surface area (Å²) in [5.41, 5.74) is 0.612. The molecule has 0 aliphatic heterocycles. The van der Waals surface area contributed by atoms with Crippen LogP contribution in [0.5, 0.6) is 5.88 Å². The van der Waals surface area contributed by atoms with Gasteiger partial charge in [0.05, 0.1) is 12.2 Å². The molecule has 3 rings (SSSR count). The first-order chi connectivity index (χ1) is 16.6. The Labute approximate surface area is 201 Å². The fraction of sp³-hybridized carbons (Fsp3) is 0.483. The van der Waals surface area contributed by atoms with Gasteiger partial charge in [-0.2, -0.15) is 0 Å². The molecule has 0 bridgehead atoms. The smallest absolute Gasteiger partial charge is 0.213 e. The van der Waals surface area contributed by atoms with Crippen molar-refractivity contribution < 1.29 is 17.9 Å². The van der Waals surface area contributed by atoms with Crippen molar-refractivity contribution in [1.29, 1.82) is 0 Å². The second-order valence-electron chi connectivity index (χ2n) is 8.99. The van der Waals surface area contributed by atoms with Crippen LogP contribution in [0, 0.1) is 17.5 Å². The first-order valence-corrected chi connectivity index (χ1v) is 12.7. The lowest BCUT2D eigenvalue weighted by Gasteiger charge is -2.12. The first kappa shape index (κ1) is 26.1. The zero-order valence-corrected chi connectivity index (χ0v) is 20.4. The van der Waals surface area contributed by atoms with Gasteiger partial charge in [-0.3, -0.25) is 0 Å². The number of ether oxygens (including phenoxy) is 1. The molecule has 5 heteroatoms. The molecule has 0 atom stereocenters. The van der Waals surface area contributed by atoms with Gasteiger partial charge in [-0.15, -0.1) is 0 Å². The molecule has 2 nitrogen and oxygen atoms in total. The Balaban J connectivity index is 1.73. The molecule has 0 saturated heterocycles. The molecule has 34 heavy (non-hydrogen) atoms. The molecule has 184 valence electrons. The van der Waals surface area contributed by atoms with Crippen LogP contribution in [0.25, 0.3) is 21.9 Å². The third-order valence-electron chi connectivity index (χ3n) is 6.30. The van der Waals surface area contributed by atoms with Crippen molar-refractivity contribution in [2.45, 2.75) is 84.5 Å². The van der Waals surface area contributed by atoms with E-state index in [1.54, 1.807) is 24.3 Å². The minimum Gasteiger partial charge on any atom is -0.478 e. The largest absolute Gasteiger partial charge is 0.478 e. The van der Waals surface area contributed by atoms with Gasteiger partial charge in [0, 0.05) is 28.6 Å². The first-order valence-electron chi connectivity index (χ1n) is 12.7. The number of nitrogens with zero attached hydrogens (tertiary/aromatic N) is 1. The van der Waals surface area contributed by atoms with Gasteiger partial charge in [-0.05, 0) is 37.0 Å². The van der Waals surface area contributed by atoms with Crippen LogP contribution in [0.3, 0.4) is 0 Å². The second kappa shape index (κ2) is 13.4. The van der Waals surface area contributed by atoms with E-state index >= 15 is 8.78 Å². The van der Waals surface area contributed by atoms with E-state index in [1.165, 1.54) is 25.5 Å². The van der Waals surface area contributed by atoms with E-state index in [0.29, 0.717) is 30.0 Å². The molecule has 3 aromatic rings. The third kappa shape index (κ3) is 6.74. The summed E-state index contributed by atoms with van der Waals surface area (Å²) in [6.07, 6.45) is 13.0. The molecule has 0 fully saturated rings. The SMILES string of the molecule is CCCCCCCCc1ccc2c(F)c(-c3ccc(OCCCCCC)nc3)c(F)cc2c1F. The van der Waals surface area contributed by atoms with Gasteiger partial charge in [0.2, 0.25) is 5.88 Å². The molecule has 1 heterocycles. The summed E-state index contributed by atoms with van der Waals surface area (Å²) in [5.74, 6) is -1.67. The predicted molar refractivity (Wildman–Crippen MR) is 134 cm³/mol. The quantitative estimate of drug-likeness (QED) is 0.219. The number of benzene rings is 2. The van der Waals surface area contributed by atoms with Crippen molar-refractivity contribution in [3.05, 3.63) is 59.5 Å². The van der Waals surface area contributed by atoms with E-state index in [0.717, 1.165) is 51.0 Å². The monoisotopic (exact) mass is 471 g/mol. The maximum absolute atomic E-state index is 15.3. The van der Waals surface area contributed by atoms with Crippen molar-refractivity contribution in [2.75, 3.05) is 6.61 Å². The van der Waals surface area contributed by atoms with Crippen molar-refractivity contribution in [3.8, 4) is 17.0 Å². The van der Waals surface area contributed by atoms with E-state index in [9.17, 15) is 4.39 Å². The Hall–Kier alpha value is -2.56. The van der Waals surface area contributed by atoms with Gasteiger partial charge in [-0.25, -0.2) is 18.2 Å². The molecule has 0 amide bonds. The Morgan fingerprint density at radius 3 is 2.15 bits per heavy atom. The molecule has 2 aromatic carbocycles. The zero-order chi connectivity index (χ0) is 24.3. The molecular formula is C29H36F3NO. The van der Waals surface area contributed by atoms with Crippen LogP contribution in [0.4, 0.5) is 13.2 Å². The molecule has 0 aliphatic rings. The van der Waals surface area contributed by atoms with Gasteiger partial charge in [0.15, 0.2) is 0 Å². The maximum Gasteiger partial charge on any atom is 0.213 e. The topological polar surface area (TPSA) is 22.1 Å². The summed E-state index contributed by atoms with van der Waals surface area (Å²) < 4.78 is 51.0. The number of fused-ring (bicyclic) bond motifs is 1. The molecule has 0 spiro atoms. The van der Waals surface area contributed by atoms with Crippen LogP contribution >= 0.6 is 0 Å². The van der Waals surface area contributed by atoms with Crippen molar-refractivity contribution in [2.24, 2.45) is 0 Å². The van der Waals surface area contributed by atoms with E-state index < -0.39 is 17.5 Å². The summed E-state index contributed by atoms with van der Waals surface area (Å²) in [5, 5.41) is 0.0686. The van der Waals surface area contributed by atoms with Crippen LogP contribution < -0.4 is 4.74 Å². The van der Waals surface area contributed by atoms with Crippen LogP contribution in [-0.2, 0) is 6.42 Å². The molecule has 0 N–H and O–H groups in total. The fourth-order valence-electron chi connectivity index (χ4n) is 4.28. The van der Waals surface area contributed by atoms with Crippen molar-refractivity contribution in [3.63, 3.8) is 0 Å². The summed E-state index contributed by atoms with van der Waals surface area (Å²) in [7, 11) is 0. The van der Waals surface area contributed by atoms with E-state index in [2.05, 4.69) is 18.8 Å². The zero-order valence-electron chi connectivity index (χ0n) is 20.4. The van der Waals surface area contributed by atoms with E-state index in [1.807, 2.05) is 0 Å².